The molecule has 0 bridgehead atoms. The van der Waals surface area contributed by atoms with E-state index < -0.39 is 0 Å². The van der Waals surface area contributed by atoms with Gasteiger partial charge in [0.15, 0.2) is 0 Å². The van der Waals surface area contributed by atoms with E-state index in [1.807, 2.05) is 48.5 Å². The van der Waals surface area contributed by atoms with Crippen LogP contribution in [0.2, 0.25) is 0 Å². The molecule has 2 aromatic carbocycles. The summed E-state index contributed by atoms with van der Waals surface area (Å²) in [5.74, 6) is 0.0459. The number of aromatic nitrogens is 1. The van der Waals surface area contributed by atoms with Crippen LogP contribution in [0.4, 0.5) is 11.4 Å². The number of benzene rings is 2. The number of hydrogen-bond donors (Lipinski definition) is 1. The molecule has 1 aliphatic heterocycles. The predicted molar refractivity (Wildman–Crippen MR) is 105 cm³/mol. The minimum absolute atomic E-state index is 0.0663. The van der Waals surface area contributed by atoms with Gasteiger partial charge in [-0.2, -0.15) is 0 Å². The van der Waals surface area contributed by atoms with Crippen LogP contribution in [0.3, 0.4) is 0 Å². The Morgan fingerprint density at radius 2 is 1.96 bits per heavy atom. The maximum atomic E-state index is 12.4. The maximum Gasteiger partial charge on any atom is 0.227 e. The fourth-order valence-electron chi connectivity index (χ4n) is 3.18. The van der Waals surface area contributed by atoms with E-state index in [9.17, 15) is 9.59 Å². The van der Waals surface area contributed by atoms with E-state index in [-0.39, 0.29) is 11.8 Å². The Bertz CT molecular complexity index is 933. The lowest BCUT2D eigenvalue weighted by atomic mass is 10.2. The molecule has 0 atom stereocenters. The number of fused-ring (bicyclic) bond motifs is 1. The van der Waals surface area contributed by atoms with E-state index in [0.717, 1.165) is 27.3 Å². The molecule has 2 amide bonds. The van der Waals surface area contributed by atoms with Gasteiger partial charge < -0.3 is 10.2 Å². The van der Waals surface area contributed by atoms with Gasteiger partial charge in [0, 0.05) is 25.8 Å². The van der Waals surface area contributed by atoms with Crippen LogP contribution in [0.25, 0.3) is 10.2 Å². The number of thiazole rings is 1. The first-order chi connectivity index (χ1) is 12.7. The first kappa shape index (κ1) is 16.7. The van der Waals surface area contributed by atoms with Crippen molar-refractivity contribution in [1.82, 2.24) is 4.98 Å². The van der Waals surface area contributed by atoms with Crippen molar-refractivity contribution in [3.63, 3.8) is 0 Å². The van der Waals surface area contributed by atoms with Crippen LogP contribution in [0.5, 0.6) is 0 Å². The number of carbonyl (C=O) groups is 2. The molecular weight excluding hydrogens is 346 g/mol. The minimum atomic E-state index is -0.0663. The Morgan fingerprint density at radius 3 is 2.77 bits per heavy atom. The lowest BCUT2D eigenvalue weighted by Crippen LogP contribution is -2.25. The van der Waals surface area contributed by atoms with Crippen LogP contribution in [0.1, 0.15) is 24.3 Å². The molecule has 2 heterocycles. The summed E-state index contributed by atoms with van der Waals surface area (Å²) in [6, 6.07) is 15.5. The van der Waals surface area contributed by atoms with Gasteiger partial charge in [-0.3, -0.25) is 9.59 Å². The molecule has 3 aromatic rings. The maximum absolute atomic E-state index is 12.4. The summed E-state index contributed by atoms with van der Waals surface area (Å²) in [7, 11) is 0. The van der Waals surface area contributed by atoms with Gasteiger partial charge in [0.05, 0.1) is 26.6 Å². The first-order valence-corrected chi connectivity index (χ1v) is 9.56. The van der Waals surface area contributed by atoms with Crippen molar-refractivity contribution < 1.29 is 9.59 Å². The van der Waals surface area contributed by atoms with Gasteiger partial charge in [-0.15, -0.1) is 11.3 Å². The van der Waals surface area contributed by atoms with Gasteiger partial charge in [0.25, 0.3) is 0 Å². The van der Waals surface area contributed by atoms with Crippen LogP contribution in [-0.2, 0) is 16.0 Å². The molecule has 0 aliphatic carbocycles. The smallest absolute Gasteiger partial charge is 0.227 e. The molecule has 132 valence electrons. The van der Waals surface area contributed by atoms with Gasteiger partial charge in [0.1, 0.15) is 0 Å². The van der Waals surface area contributed by atoms with Gasteiger partial charge in [-0.05, 0) is 30.7 Å². The molecule has 0 saturated carbocycles. The van der Waals surface area contributed by atoms with Crippen LogP contribution in [0, 0.1) is 0 Å². The van der Waals surface area contributed by atoms with Gasteiger partial charge in [-0.1, -0.05) is 24.3 Å². The number of carbonyl (C=O) groups excluding carboxylic acids is 2. The summed E-state index contributed by atoms with van der Waals surface area (Å²) < 4.78 is 1.14. The highest BCUT2D eigenvalue weighted by Crippen LogP contribution is 2.29. The fourth-order valence-corrected chi connectivity index (χ4v) is 4.14. The number of amides is 2. The van der Waals surface area contributed by atoms with E-state index in [1.165, 1.54) is 0 Å². The minimum Gasteiger partial charge on any atom is -0.324 e. The summed E-state index contributed by atoms with van der Waals surface area (Å²) in [5, 5.41) is 3.92. The molecule has 0 radical (unpaired) electrons. The van der Waals surface area contributed by atoms with Crippen LogP contribution in [0.15, 0.2) is 48.5 Å². The zero-order chi connectivity index (χ0) is 17.9. The predicted octanol–water partition coefficient (Wildman–Crippen LogP) is 3.99. The average Bonchev–Trinajstić information content (AvgIpc) is 3.26. The Hall–Kier alpha value is -2.73. The third kappa shape index (κ3) is 3.46. The Labute approximate surface area is 155 Å². The summed E-state index contributed by atoms with van der Waals surface area (Å²) in [6.45, 7) is 0.706. The van der Waals surface area contributed by atoms with Crippen LogP contribution in [-0.4, -0.2) is 23.3 Å². The second kappa shape index (κ2) is 7.25. The topological polar surface area (TPSA) is 62.3 Å². The van der Waals surface area contributed by atoms with Crippen molar-refractivity contribution in [3.8, 4) is 0 Å². The number of rotatable bonds is 5. The summed E-state index contributed by atoms with van der Waals surface area (Å²) in [5.41, 5.74) is 2.45. The number of nitrogens with zero attached hydrogens (tertiary/aromatic N) is 2. The van der Waals surface area contributed by atoms with E-state index >= 15 is 0 Å². The van der Waals surface area contributed by atoms with Gasteiger partial charge in [-0.25, -0.2) is 4.98 Å². The molecule has 5 nitrogen and oxygen atoms in total. The molecule has 1 aromatic heterocycles. The Balaban J connectivity index is 1.43. The highest BCUT2D eigenvalue weighted by molar-refractivity contribution is 7.18. The lowest BCUT2D eigenvalue weighted by Gasteiger charge is -2.19. The zero-order valence-corrected chi connectivity index (χ0v) is 15.1. The molecular formula is C20H19N3O2S. The highest BCUT2D eigenvalue weighted by atomic mass is 32.1. The SMILES string of the molecule is O=C(CCc1nc2ccccc2s1)Nc1ccccc1N1CCCC1=O. The van der Waals surface area contributed by atoms with Crippen LogP contribution >= 0.6 is 11.3 Å². The number of hydrogen-bond acceptors (Lipinski definition) is 4. The highest BCUT2D eigenvalue weighted by Gasteiger charge is 2.24. The Kier molecular flexibility index (Phi) is 4.67. The standard InChI is InChI=1S/C20H19N3O2S/c24-18(11-12-19-22-15-7-2-4-9-17(15)26-19)21-14-6-1-3-8-16(14)23-13-5-10-20(23)25/h1-4,6-9H,5,10-13H2,(H,21,24). The molecule has 0 spiro atoms. The number of para-hydroxylation sites is 3. The zero-order valence-electron chi connectivity index (χ0n) is 14.3. The molecule has 26 heavy (non-hydrogen) atoms. The summed E-state index contributed by atoms with van der Waals surface area (Å²) in [6.07, 6.45) is 2.40. The quantitative estimate of drug-likeness (QED) is 0.743. The third-order valence-electron chi connectivity index (χ3n) is 4.45. The summed E-state index contributed by atoms with van der Waals surface area (Å²) >= 11 is 1.63. The monoisotopic (exact) mass is 365 g/mol. The van der Waals surface area contributed by atoms with Crippen molar-refractivity contribution in [1.29, 1.82) is 0 Å². The summed E-state index contributed by atoms with van der Waals surface area (Å²) in [4.78, 5) is 30.7. The lowest BCUT2D eigenvalue weighted by molar-refractivity contribution is -0.117. The van der Waals surface area contributed by atoms with E-state index in [2.05, 4.69) is 10.3 Å². The van der Waals surface area contributed by atoms with E-state index in [1.54, 1.807) is 16.2 Å². The molecule has 4 rings (SSSR count). The molecule has 1 fully saturated rings. The number of anilines is 2. The number of nitrogens with one attached hydrogen (secondary N) is 1. The van der Waals surface area contributed by atoms with Crippen LogP contribution < -0.4 is 10.2 Å². The largest absolute Gasteiger partial charge is 0.324 e. The van der Waals surface area contributed by atoms with E-state index in [4.69, 9.17) is 0 Å². The van der Waals surface area contributed by atoms with Gasteiger partial charge >= 0.3 is 0 Å². The van der Waals surface area contributed by atoms with Gasteiger partial charge in [0.2, 0.25) is 11.8 Å². The second-order valence-electron chi connectivity index (χ2n) is 6.29. The van der Waals surface area contributed by atoms with Crippen molar-refractivity contribution in [2.45, 2.75) is 25.7 Å². The average molecular weight is 365 g/mol. The van der Waals surface area contributed by atoms with Crippen molar-refractivity contribution in [2.24, 2.45) is 0 Å². The molecule has 1 saturated heterocycles. The second-order valence-corrected chi connectivity index (χ2v) is 7.40. The third-order valence-corrected chi connectivity index (χ3v) is 5.54. The Morgan fingerprint density at radius 1 is 1.15 bits per heavy atom. The molecule has 0 unspecified atom stereocenters. The number of aryl methyl sites for hydroxylation is 1. The van der Waals surface area contributed by atoms with E-state index in [0.29, 0.717) is 31.5 Å². The fraction of sp³-hybridized carbons (Fsp3) is 0.250. The van der Waals surface area contributed by atoms with Crippen molar-refractivity contribution in [3.05, 3.63) is 53.5 Å². The van der Waals surface area contributed by atoms with Crippen molar-refractivity contribution in [2.75, 3.05) is 16.8 Å². The first-order valence-electron chi connectivity index (χ1n) is 8.74. The molecule has 6 heteroatoms. The normalized spacial score (nSPS) is 14.2. The van der Waals surface area contributed by atoms with Crippen molar-refractivity contribution >= 4 is 44.7 Å². The molecule has 1 aliphatic rings. The molecule has 1 N–H and O–H groups in total.